The molecule has 1 aliphatic carbocycles. The average Bonchev–Trinajstić information content (AvgIpc) is 3.10. The molecule has 0 bridgehead atoms. The first kappa shape index (κ1) is 18.5. The Morgan fingerprint density at radius 1 is 1.12 bits per heavy atom. The van der Waals surface area contributed by atoms with Gasteiger partial charge in [-0.05, 0) is 56.1 Å². The van der Waals surface area contributed by atoms with Gasteiger partial charge in [-0.2, -0.15) is 5.10 Å². The summed E-state index contributed by atoms with van der Waals surface area (Å²) >= 11 is 0. The van der Waals surface area contributed by atoms with Crippen LogP contribution in [0.2, 0.25) is 0 Å². The van der Waals surface area contributed by atoms with Crippen LogP contribution in [-0.2, 0) is 13.6 Å². The molecule has 1 saturated carbocycles. The largest absolute Gasteiger partial charge is 0.357 e. The Hall–Kier alpha value is -2.30. The van der Waals surface area contributed by atoms with Crippen molar-refractivity contribution in [2.75, 3.05) is 13.1 Å². The number of hydrogen-bond acceptors (Lipinski definition) is 2. The number of guanidine groups is 1. The highest BCUT2D eigenvalue weighted by atomic mass is 15.3. The van der Waals surface area contributed by atoms with Gasteiger partial charge in [0.25, 0.3) is 0 Å². The Morgan fingerprint density at radius 3 is 2.54 bits per heavy atom. The quantitative estimate of drug-likeness (QED) is 0.618. The van der Waals surface area contributed by atoms with Crippen molar-refractivity contribution >= 4 is 5.96 Å². The third-order valence-electron chi connectivity index (χ3n) is 5.34. The van der Waals surface area contributed by atoms with Gasteiger partial charge in [-0.3, -0.25) is 4.68 Å². The van der Waals surface area contributed by atoms with Gasteiger partial charge in [0, 0.05) is 26.3 Å². The minimum atomic E-state index is 0.645. The molecule has 1 aliphatic rings. The summed E-state index contributed by atoms with van der Waals surface area (Å²) in [6.07, 6.45) is 6.97. The fourth-order valence-corrected chi connectivity index (χ4v) is 3.72. The maximum Gasteiger partial charge on any atom is 0.191 e. The van der Waals surface area contributed by atoms with E-state index in [9.17, 15) is 0 Å². The van der Waals surface area contributed by atoms with Gasteiger partial charge >= 0.3 is 0 Å². The number of aromatic nitrogens is 2. The SMILES string of the molecule is CCNC(=NCc1ccnn1C)NCC1CCC(c2ccccc2)CC1. The molecule has 0 aliphatic heterocycles. The highest BCUT2D eigenvalue weighted by Crippen LogP contribution is 2.35. The number of rotatable bonds is 6. The van der Waals surface area contributed by atoms with E-state index >= 15 is 0 Å². The zero-order valence-corrected chi connectivity index (χ0v) is 16.0. The summed E-state index contributed by atoms with van der Waals surface area (Å²) in [5.41, 5.74) is 2.62. The number of nitrogens with one attached hydrogen (secondary N) is 2. The summed E-state index contributed by atoms with van der Waals surface area (Å²) in [4.78, 5) is 4.70. The zero-order chi connectivity index (χ0) is 18.2. The third-order valence-corrected chi connectivity index (χ3v) is 5.34. The topological polar surface area (TPSA) is 54.2 Å². The normalized spacial score (nSPS) is 20.8. The molecule has 1 aromatic carbocycles. The van der Waals surface area contributed by atoms with Crippen molar-refractivity contribution < 1.29 is 0 Å². The van der Waals surface area contributed by atoms with Gasteiger partial charge in [-0.1, -0.05) is 30.3 Å². The maximum atomic E-state index is 4.70. The molecular weight excluding hydrogens is 322 g/mol. The Bertz CT molecular complexity index is 683. The maximum absolute atomic E-state index is 4.70. The highest BCUT2D eigenvalue weighted by molar-refractivity contribution is 5.79. The molecule has 2 aromatic rings. The predicted octanol–water partition coefficient (Wildman–Crippen LogP) is 3.45. The smallest absolute Gasteiger partial charge is 0.191 e. The summed E-state index contributed by atoms with van der Waals surface area (Å²) in [6.45, 7) is 4.62. The first-order valence-electron chi connectivity index (χ1n) is 9.80. The van der Waals surface area contributed by atoms with Crippen molar-refractivity contribution in [3.8, 4) is 0 Å². The van der Waals surface area contributed by atoms with E-state index in [1.165, 1.54) is 31.2 Å². The summed E-state index contributed by atoms with van der Waals surface area (Å²) in [5, 5.41) is 11.1. The molecule has 0 spiro atoms. The van der Waals surface area contributed by atoms with Crippen molar-refractivity contribution in [3.05, 3.63) is 53.9 Å². The van der Waals surface area contributed by atoms with Gasteiger partial charge in [0.15, 0.2) is 5.96 Å². The van der Waals surface area contributed by atoms with Crippen molar-refractivity contribution in [3.63, 3.8) is 0 Å². The van der Waals surface area contributed by atoms with Crippen LogP contribution in [0.5, 0.6) is 0 Å². The fraction of sp³-hybridized carbons (Fsp3) is 0.524. The van der Waals surface area contributed by atoms with E-state index in [2.05, 4.69) is 53.0 Å². The van der Waals surface area contributed by atoms with E-state index < -0.39 is 0 Å². The van der Waals surface area contributed by atoms with E-state index in [1.54, 1.807) is 0 Å². The fourth-order valence-electron chi connectivity index (χ4n) is 3.72. The van der Waals surface area contributed by atoms with Crippen LogP contribution in [-0.4, -0.2) is 28.8 Å². The molecule has 2 N–H and O–H groups in total. The minimum absolute atomic E-state index is 0.645. The molecule has 1 aromatic heterocycles. The van der Waals surface area contributed by atoms with Gasteiger partial charge in [0.1, 0.15) is 0 Å². The molecule has 0 radical (unpaired) electrons. The molecule has 0 unspecified atom stereocenters. The van der Waals surface area contributed by atoms with Crippen LogP contribution in [0.25, 0.3) is 0 Å². The van der Waals surface area contributed by atoms with Crippen molar-refractivity contribution in [1.29, 1.82) is 0 Å². The number of benzene rings is 1. The van der Waals surface area contributed by atoms with Crippen LogP contribution >= 0.6 is 0 Å². The van der Waals surface area contributed by atoms with Crippen LogP contribution in [0.3, 0.4) is 0 Å². The van der Waals surface area contributed by atoms with Gasteiger partial charge in [0.2, 0.25) is 0 Å². The molecule has 1 fully saturated rings. The number of aliphatic imine (C=N–C) groups is 1. The Labute approximate surface area is 156 Å². The average molecular weight is 354 g/mol. The summed E-state index contributed by atoms with van der Waals surface area (Å²) in [6, 6.07) is 13.0. The van der Waals surface area contributed by atoms with Crippen LogP contribution in [0.4, 0.5) is 0 Å². The first-order chi connectivity index (χ1) is 12.8. The molecule has 5 nitrogen and oxygen atoms in total. The molecule has 5 heteroatoms. The summed E-state index contributed by atoms with van der Waals surface area (Å²) in [5.74, 6) is 2.37. The molecule has 0 atom stereocenters. The van der Waals surface area contributed by atoms with Crippen molar-refractivity contribution in [2.45, 2.75) is 45.1 Å². The van der Waals surface area contributed by atoms with E-state index in [0.29, 0.717) is 6.54 Å². The standard InChI is InChI=1S/C21H31N5/c1-3-22-21(24-16-20-13-14-25-26(20)2)23-15-17-9-11-19(12-10-17)18-7-5-4-6-8-18/h4-8,13-14,17,19H,3,9-12,15-16H2,1-2H3,(H2,22,23,24). The lowest BCUT2D eigenvalue weighted by atomic mass is 9.79. The van der Waals surface area contributed by atoms with Crippen LogP contribution in [0, 0.1) is 5.92 Å². The molecule has 140 valence electrons. The lowest BCUT2D eigenvalue weighted by Crippen LogP contribution is -2.40. The van der Waals surface area contributed by atoms with E-state index in [-0.39, 0.29) is 0 Å². The summed E-state index contributed by atoms with van der Waals surface area (Å²) in [7, 11) is 1.95. The van der Waals surface area contributed by atoms with Gasteiger partial charge < -0.3 is 10.6 Å². The van der Waals surface area contributed by atoms with E-state index in [0.717, 1.165) is 36.6 Å². The lowest BCUT2D eigenvalue weighted by Gasteiger charge is -2.29. The molecule has 3 rings (SSSR count). The molecule has 0 saturated heterocycles. The Morgan fingerprint density at radius 2 is 1.88 bits per heavy atom. The molecule has 26 heavy (non-hydrogen) atoms. The number of aryl methyl sites for hydroxylation is 1. The second-order valence-corrected chi connectivity index (χ2v) is 7.15. The van der Waals surface area contributed by atoms with E-state index in [1.807, 2.05) is 24.0 Å². The van der Waals surface area contributed by atoms with Gasteiger partial charge in [-0.15, -0.1) is 0 Å². The van der Waals surface area contributed by atoms with Crippen LogP contribution in [0.15, 0.2) is 47.6 Å². The molecular formula is C21H31N5. The number of hydrogen-bond donors (Lipinski definition) is 2. The molecule has 1 heterocycles. The summed E-state index contributed by atoms with van der Waals surface area (Å²) < 4.78 is 1.87. The Kier molecular flexibility index (Phi) is 6.69. The van der Waals surface area contributed by atoms with Gasteiger partial charge in [0.05, 0.1) is 12.2 Å². The zero-order valence-electron chi connectivity index (χ0n) is 16.0. The lowest BCUT2D eigenvalue weighted by molar-refractivity contribution is 0.324. The van der Waals surface area contributed by atoms with Gasteiger partial charge in [-0.25, -0.2) is 4.99 Å². The molecule has 0 amide bonds. The second-order valence-electron chi connectivity index (χ2n) is 7.15. The van der Waals surface area contributed by atoms with Crippen molar-refractivity contribution in [2.24, 2.45) is 18.0 Å². The minimum Gasteiger partial charge on any atom is -0.357 e. The highest BCUT2D eigenvalue weighted by Gasteiger charge is 2.22. The van der Waals surface area contributed by atoms with E-state index in [4.69, 9.17) is 4.99 Å². The monoisotopic (exact) mass is 353 g/mol. The first-order valence-corrected chi connectivity index (χ1v) is 9.80. The predicted molar refractivity (Wildman–Crippen MR) is 107 cm³/mol. The van der Waals surface area contributed by atoms with Crippen LogP contribution in [0.1, 0.15) is 49.8 Å². The van der Waals surface area contributed by atoms with Crippen LogP contribution < -0.4 is 10.6 Å². The third kappa shape index (κ3) is 5.10. The van der Waals surface area contributed by atoms with Crippen molar-refractivity contribution in [1.82, 2.24) is 20.4 Å². The second kappa shape index (κ2) is 9.41. The number of nitrogens with zero attached hydrogens (tertiary/aromatic N) is 3. The Balaban J connectivity index is 1.47.